The van der Waals surface area contributed by atoms with Crippen LogP contribution in [0.3, 0.4) is 0 Å². The van der Waals surface area contributed by atoms with E-state index in [1.165, 1.54) is 0 Å². The van der Waals surface area contributed by atoms with Crippen molar-refractivity contribution in [2.45, 2.75) is 39.3 Å². The molecule has 0 bridgehead atoms. The Labute approximate surface area is 128 Å². The third kappa shape index (κ3) is 3.43. The van der Waals surface area contributed by atoms with Crippen molar-refractivity contribution in [2.24, 2.45) is 0 Å². The van der Waals surface area contributed by atoms with Gasteiger partial charge in [-0.05, 0) is 41.4 Å². The van der Waals surface area contributed by atoms with Gasteiger partial charge < -0.3 is 5.32 Å². The van der Waals surface area contributed by atoms with Crippen LogP contribution in [0.4, 0.5) is 0 Å². The molecule has 0 fully saturated rings. The van der Waals surface area contributed by atoms with Crippen LogP contribution in [-0.4, -0.2) is 26.3 Å². The van der Waals surface area contributed by atoms with Crippen molar-refractivity contribution in [3.63, 3.8) is 0 Å². The predicted molar refractivity (Wildman–Crippen MR) is 82.4 cm³/mol. The van der Waals surface area contributed by atoms with E-state index in [1.54, 1.807) is 12.5 Å². The summed E-state index contributed by atoms with van der Waals surface area (Å²) in [7, 11) is 0. The monoisotopic (exact) mass is 337 g/mol. The molecule has 0 aliphatic rings. The molecule has 0 amide bonds. The van der Waals surface area contributed by atoms with Gasteiger partial charge in [0.1, 0.15) is 6.33 Å². The largest absolute Gasteiger partial charge is 0.304 e. The van der Waals surface area contributed by atoms with Crippen LogP contribution in [-0.2, 0) is 6.54 Å². The second-order valence-electron chi connectivity index (χ2n) is 4.62. The highest BCUT2D eigenvalue weighted by Gasteiger charge is 2.22. The quantitative estimate of drug-likeness (QED) is 0.843. The lowest BCUT2D eigenvalue weighted by Crippen LogP contribution is -2.27. The topological polar surface area (TPSA) is 55.6 Å². The van der Waals surface area contributed by atoms with Gasteiger partial charge in [-0.1, -0.05) is 13.8 Å². The van der Waals surface area contributed by atoms with Crippen molar-refractivity contribution < 1.29 is 0 Å². The van der Waals surface area contributed by atoms with Crippen LogP contribution < -0.4 is 5.32 Å². The van der Waals surface area contributed by atoms with E-state index in [1.807, 2.05) is 16.9 Å². The highest BCUT2D eigenvalue weighted by molar-refractivity contribution is 9.10. The number of nitrogens with one attached hydrogen (secondary N) is 1. The minimum atomic E-state index is 0.0291. The Morgan fingerprint density at radius 3 is 2.85 bits per heavy atom. The molecule has 0 aliphatic heterocycles. The first-order valence-electron chi connectivity index (χ1n) is 6.98. The molecule has 0 saturated heterocycles. The molecule has 2 aromatic heterocycles. The lowest BCUT2D eigenvalue weighted by atomic mass is 10.1. The standard InChI is InChI=1S/C14H20BrN5/c1-3-6-17-13(12-5-7-16-10-18-12)14-11(15)9-19-20(14)8-4-2/h5,7,9-10,13,17H,3-4,6,8H2,1-2H3. The molecule has 0 aromatic carbocycles. The molecular formula is C14H20BrN5. The van der Waals surface area contributed by atoms with Gasteiger partial charge in [-0.3, -0.25) is 4.68 Å². The Kier molecular flexibility index (Phi) is 5.67. The van der Waals surface area contributed by atoms with E-state index in [4.69, 9.17) is 0 Å². The molecule has 1 unspecified atom stereocenters. The first-order chi connectivity index (χ1) is 9.77. The average molecular weight is 338 g/mol. The van der Waals surface area contributed by atoms with E-state index >= 15 is 0 Å². The zero-order valence-corrected chi connectivity index (χ0v) is 13.5. The molecule has 0 spiro atoms. The van der Waals surface area contributed by atoms with Gasteiger partial charge in [0.05, 0.1) is 28.1 Å². The molecule has 2 heterocycles. The van der Waals surface area contributed by atoms with Crippen LogP contribution in [0, 0.1) is 0 Å². The molecule has 0 saturated carbocycles. The molecule has 0 aliphatic carbocycles. The van der Waals surface area contributed by atoms with Gasteiger partial charge in [-0.25, -0.2) is 9.97 Å². The normalized spacial score (nSPS) is 12.6. The zero-order chi connectivity index (χ0) is 14.4. The van der Waals surface area contributed by atoms with Gasteiger partial charge in [-0.15, -0.1) is 0 Å². The Hall–Kier alpha value is -1.27. The van der Waals surface area contributed by atoms with Gasteiger partial charge >= 0.3 is 0 Å². The average Bonchev–Trinajstić information content (AvgIpc) is 2.83. The van der Waals surface area contributed by atoms with Crippen LogP contribution in [0.15, 0.2) is 29.3 Å². The maximum atomic E-state index is 4.45. The summed E-state index contributed by atoms with van der Waals surface area (Å²) in [6.07, 6.45) is 7.33. The second-order valence-corrected chi connectivity index (χ2v) is 5.48. The number of hydrogen-bond acceptors (Lipinski definition) is 4. The van der Waals surface area contributed by atoms with Crippen LogP contribution in [0.2, 0.25) is 0 Å². The number of hydrogen-bond donors (Lipinski definition) is 1. The molecule has 1 atom stereocenters. The van der Waals surface area contributed by atoms with Crippen LogP contribution in [0.1, 0.15) is 44.1 Å². The number of rotatable bonds is 7. The summed E-state index contributed by atoms with van der Waals surface area (Å²) < 4.78 is 3.05. The third-order valence-corrected chi connectivity index (χ3v) is 3.65. The fourth-order valence-corrected chi connectivity index (χ4v) is 2.68. The second kappa shape index (κ2) is 7.50. The first kappa shape index (κ1) is 15.1. The third-order valence-electron chi connectivity index (χ3n) is 3.04. The summed E-state index contributed by atoms with van der Waals surface area (Å²) in [5.74, 6) is 0. The molecule has 6 heteroatoms. The summed E-state index contributed by atoms with van der Waals surface area (Å²) >= 11 is 3.61. The minimum absolute atomic E-state index is 0.0291. The zero-order valence-electron chi connectivity index (χ0n) is 11.9. The van der Waals surface area contributed by atoms with Crippen molar-refractivity contribution in [3.8, 4) is 0 Å². The Morgan fingerprint density at radius 1 is 1.35 bits per heavy atom. The highest BCUT2D eigenvalue weighted by Crippen LogP contribution is 2.27. The first-order valence-corrected chi connectivity index (χ1v) is 7.77. The van der Waals surface area contributed by atoms with Gasteiger partial charge in [-0.2, -0.15) is 5.10 Å². The van der Waals surface area contributed by atoms with Gasteiger partial charge in [0.25, 0.3) is 0 Å². The van der Waals surface area contributed by atoms with E-state index in [0.29, 0.717) is 0 Å². The summed E-state index contributed by atoms with van der Waals surface area (Å²) in [6, 6.07) is 1.98. The Balaban J connectivity index is 2.38. The number of nitrogens with zero attached hydrogens (tertiary/aromatic N) is 4. The summed E-state index contributed by atoms with van der Waals surface area (Å²) in [5, 5.41) is 7.99. The molecule has 2 aromatic rings. The van der Waals surface area contributed by atoms with Crippen molar-refractivity contribution in [3.05, 3.63) is 40.6 Å². The molecule has 5 nitrogen and oxygen atoms in total. The fraction of sp³-hybridized carbons (Fsp3) is 0.500. The molecule has 0 radical (unpaired) electrons. The Morgan fingerprint density at radius 2 is 2.20 bits per heavy atom. The molecule has 20 heavy (non-hydrogen) atoms. The van der Waals surface area contributed by atoms with Crippen LogP contribution >= 0.6 is 15.9 Å². The van der Waals surface area contributed by atoms with E-state index in [-0.39, 0.29) is 6.04 Å². The van der Waals surface area contributed by atoms with Crippen molar-refractivity contribution in [1.82, 2.24) is 25.1 Å². The van der Waals surface area contributed by atoms with Gasteiger partial charge in [0, 0.05) is 12.7 Å². The number of aromatic nitrogens is 4. The minimum Gasteiger partial charge on any atom is -0.304 e. The maximum absolute atomic E-state index is 4.45. The van der Waals surface area contributed by atoms with Crippen molar-refractivity contribution in [2.75, 3.05) is 6.54 Å². The summed E-state index contributed by atoms with van der Waals surface area (Å²) in [4.78, 5) is 8.39. The molecule has 2 rings (SSSR count). The smallest absolute Gasteiger partial charge is 0.115 e. The van der Waals surface area contributed by atoms with Crippen LogP contribution in [0.25, 0.3) is 0 Å². The summed E-state index contributed by atoms with van der Waals surface area (Å²) in [5.41, 5.74) is 2.09. The summed E-state index contributed by atoms with van der Waals surface area (Å²) in [6.45, 7) is 6.13. The lowest BCUT2D eigenvalue weighted by Gasteiger charge is -2.20. The maximum Gasteiger partial charge on any atom is 0.115 e. The highest BCUT2D eigenvalue weighted by atomic mass is 79.9. The molecule has 1 N–H and O–H groups in total. The van der Waals surface area contributed by atoms with E-state index < -0.39 is 0 Å². The van der Waals surface area contributed by atoms with E-state index in [0.717, 1.165) is 41.8 Å². The Bertz CT molecular complexity index is 526. The number of aryl methyl sites for hydroxylation is 1. The van der Waals surface area contributed by atoms with Gasteiger partial charge in [0.15, 0.2) is 0 Å². The predicted octanol–water partition coefficient (Wildman–Crippen LogP) is 2.93. The van der Waals surface area contributed by atoms with Crippen molar-refractivity contribution in [1.29, 1.82) is 0 Å². The molecule has 108 valence electrons. The van der Waals surface area contributed by atoms with E-state index in [2.05, 4.69) is 50.2 Å². The SMILES string of the molecule is CCCNC(c1ccncn1)c1c(Br)cnn1CCC. The molecular weight excluding hydrogens is 318 g/mol. The van der Waals surface area contributed by atoms with Crippen LogP contribution in [0.5, 0.6) is 0 Å². The van der Waals surface area contributed by atoms with E-state index in [9.17, 15) is 0 Å². The van der Waals surface area contributed by atoms with Gasteiger partial charge in [0.2, 0.25) is 0 Å². The van der Waals surface area contributed by atoms with Crippen molar-refractivity contribution >= 4 is 15.9 Å². The lowest BCUT2D eigenvalue weighted by molar-refractivity contribution is 0.503. The fourth-order valence-electron chi connectivity index (χ4n) is 2.15. The number of halogens is 1.